The number of aromatic nitrogens is 1. The number of hydrogen-bond acceptors (Lipinski definition) is 5. The lowest BCUT2D eigenvalue weighted by molar-refractivity contribution is 0.674. The van der Waals surface area contributed by atoms with Crippen LogP contribution in [0.4, 0.5) is 0 Å². The van der Waals surface area contributed by atoms with Crippen LogP contribution in [0.15, 0.2) is 214 Å². The standard InChI is InChI=1S/C53H34N4S/c1-4-16-33(17-5-1)49-41-32-45-40(37-22-10-11-23-42(37)53(45)43-24-12-14-26-47(43)58-48-27-15-13-25-44(48)53)31-39(41)38-29-28-36(30-46(38)54-49)52-56-50(34-18-6-2-7-19-34)55-51(57-52)35-20-8-3-9-21-35/h1-32,50H,(H,55,56,57). The molecule has 12 rings (SSSR count). The highest BCUT2D eigenvalue weighted by Gasteiger charge is 2.50. The molecule has 3 aliphatic rings. The molecular formula is C53H34N4S. The van der Waals surface area contributed by atoms with Crippen LogP contribution in [0.3, 0.4) is 0 Å². The Kier molecular flexibility index (Phi) is 7.41. The largest absolute Gasteiger partial charge is 0.344 e. The Morgan fingerprint density at radius 2 is 1.09 bits per heavy atom. The van der Waals surface area contributed by atoms with Gasteiger partial charge in [0.2, 0.25) is 0 Å². The molecule has 272 valence electrons. The third-order valence-electron chi connectivity index (χ3n) is 12.0. The Hall–Kier alpha value is -7.08. The van der Waals surface area contributed by atoms with Gasteiger partial charge in [0.15, 0.2) is 5.84 Å². The van der Waals surface area contributed by atoms with Crippen molar-refractivity contribution in [1.29, 1.82) is 0 Å². The third kappa shape index (κ3) is 4.93. The zero-order valence-corrected chi connectivity index (χ0v) is 32.1. The maximum absolute atomic E-state index is 5.56. The molecule has 5 heteroatoms. The van der Waals surface area contributed by atoms with Crippen LogP contribution in [0.2, 0.25) is 0 Å². The topological polar surface area (TPSA) is 49.6 Å². The van der Waals surface area contributed by atoms with E-state index < -0.39 is 5.41 Å². The van der Waals surface area contributed by atoms with Gasteiger partial charge in [-0.05, 0) is 74.7 Å². The number of amidine groups is 2. The molecule has 9 aromatic rings. The Bertz CT molecular complexity index is 3130. The summed E-state index contributed by atoms with van der Waals surface area (Å²) < 4.78 is 0. The first-order valence-electron chi connectivity index (χ1n) is 19.7. The van der Waals surface area contributed by atoms with E-state index in [4.69, 9.17) is 15.0 Å². The summed E-state index contributed by atoms with van der Waals surface area (Å²) in [5.41, 5.74) is 13.3. The molecule has 58 heavy (non-hydrogen) atoms. The molecule has 1 atom stereocenters. The van der Waals surface area contributed by atoms with E-state index in [9.17, 15) is 0 Å². The number of pyridine rings is 1. The lowest BCUT2D eigenvalue weighted by Crippen LogP contribution is -2.33. The first-order chi connectivity index (χ1) is 28.7. The molecular weight excluding hydrogens is 725 g/mol. The van der Waals surface area contributed by atoms with Gasteiger partial charge in [-0.1, -0.05) is 176 Å². The van der Waals surface area contributed by atoms with Gasteiger partial charge in [0.1, 0.15) is 12.0 Å². The third-order valence-corrected chi connectivity index (χ3v) is 13.1. The van der Waals surface area contributed by atoms with E-state index in [0.717, 1.165) is 50.1 Å². The molecule has 1 aromatic heterocycles. The summed E-state index contributed by atoms with van der Waals surface area (Å²) in [5, 5.41) is 7.09. The van der Waals surface area contributed by atoms with Crippen molar-refractivity contribution in [2.75, 3.05) is 0 Å². The molecule has 0 saturated heterocycles. The van der Waals surface area contributed by atoms with Crippen LogP contribution in [-0.4, -0.2) is 16.7 Å². The van der Waals surface area contributed by atoms with Crippen molar-refractivity contribution in [1.82, 2.24) is 10.3 Å². The Balaban J connectivity index is 1.11. The summed E-state index contributed by atoms with van der Waals surface area (Å²) in [7, 11) is 0. The number of hydrogen-bond donors (Lipinski definition) is 1. The second-order valence-electron chi connectivity index (χ2n) is 15.1. The minimum atomic E-state index is -0.469. The highest BCUT2D eigenvalue weighted by Crippen LogP contribution is 2.62. The van der Waals surface area contributed by atoms with Gasteiger partial charge in [0.05, 0.1) is 16.6 Å². The summed E-state index contributed by atoms with van der Waals surface area (Å²) in [6.07, 6.45) is -0.285. The normalized spacial score (nSPS) is 15.8. The fraction of sp³-hybridized carbons (Fsp3) is 0.0377. The summed E-state index contributed by atoms with van der Waals surface area (Å²) in [4.78, 5) is 18.4. The second-order valence-corrected chi connectivity index (χ2v) is 16.2. The van der Waals surface area contributed by atoms with Crippen molar-refractivity contribution in [2.24, 2.45) is 9.98 Å². The van der Waals surface area contributed by atoms with Crippen LogP contribution < -0.4 is 5.32 Å². The minimum absolute atomic E-state index is 0.285. The molecule has 8 aromatic carbocycles. The molecule has 1 spiro atoms. The van der Waals surface area contributed by atoms with Crippen molar-refractivity contribution < 1.29 is 0 Å². The van der Waals surface area contributed by atoms with E-state index in [1.165, 1.54) is 48.6 Å². The number of nitrogens with zero attached hydrogens (tertiary/aromatic N) is 3. The van der Waals surface area contributed by atoms with Gasteiger partial charge in [-0.3, -0.25) is 0 Å². The Morgan fingerprint density at radius 3 is 1.81 bits per heavy atom. The monoisotopic (exact) mass is 758 g/mol. The highest BCUT2D eigenvalue weighted by molar-refractivity contribution is 7.99. The fourth-order valence-electron chi connectivity index (χ4n) is 9.43. The number of aliphatic imine (C=N–C) groups is 2. The SMILES string of the molecule is c1ccc(C2=NC(c3ccccc3)NC(c3ccc4c(c3)nc(-c3ccccc3)c3cc5c(cc34)-c3ccccc3C53c4ccccc4Sc4ccccc43)=N2)cc1. The molecule has 4 nitrogen and oxygen atoms in total. The summed E-state index contributed by atoms with van der Waals surface area (Å²) in [5.74, 6) is 1.47. The smallest absolute Gasteiger partial charge is 0.159 e. The molecule has 3 heterocycles. The molecule has 0 saturated carbocycles. The van der Waals surface area contributed by atoms with Crippen molar-refractivity contribution in [3.63, 3.8) is 0 Å². The zero-order chi connectivity index (χ0) is 38.2. The minimum Gasteiger partial charge on any atom is -0.344 e. The number of benzene rings is 8. The van der Waals surface area contributed by atoms with Crippen molar-refractivity contribution >= 4 is 45.1 Å². The summed E-state index contributed by atoms with van der Waals surface area (Å²) in [6.45, 7) is 0. The molecule has 1 unspecified atom stereocenters. The number of rotatable bonds is 4. The van der Waals surface area contributed by atoms with Crippen molar-refractivity contribution in [3.8, 4) is 22.4 Å². The van der Waals surface area contributed by atoms with Gasteiger partial charge in [0.25, 0.3) is 0 Å². The van der Waals surface area contributed by atoms with E-state index in [-0.39, 0.29) is 6.17 Å². The van der Waals surface area contributed by atoms with Gasteiger partial charge < -0.3 is 5.32 Å². The van der Waals surface area contributed by atoms with Gasteiger partial charge in [-0.2, -0.15) is 0 Å². The van der Waals surface area contributed by atoms with Gasteiger partial charge in [0, 0.05) is 37.3 Å². The van der Waals surface area contributed by atoms with E-state index in [1.807, 2.05) is 36.0 Å². The van der Waals surface area contributed by atoms with Crippen LogP contribution in [-0.2, 0) is 5.41 Å². The average molecular weight is 759 g/mol. The van der Waals surface area contributed by atoms with Crippen molar-refractivity contribution in [3.05, 3.63) is 233 Å². The Morgan fingerprint density at radius 1 is 0.466 bits per heavy atom. The molecule has 0 amide bonds. The van der Waals surface area contributed by atoms with E-state index in [0.29, 0.717) is 5.84 Å². The van der Waals surface area contributed by atoms with Crippen LogP contribution in [0.5, 0.6) is 0 Å². The first-order valence-corrected chi connectivity index (χ1v) is 20.5. The van der Waals surface area contributed by atoms with E-state index in [2.05, 4.69) is 175 Å². The fourth-order valence-corrected chi connectivity index (χ4v) is 10.6. The zero-order valence-electron chi connectivity index (χ0n) is 31.3. The lowest BCUT2D eigenvalue weighted by atomic mass is 9.67. The second kappa shape index (κ2) is 13.0. The van der Waals surface area contributed by atoms with Gasteiger partial charge in [-0.25, -0.2) is 15.0 Å². The Labute approximate surface area is 340 Å². The summed E-state index contributed by atoms with van der Waals surface area (Å²) >= 11 is 1.87. The highest BCUT2D eigenvalue weighted by atomic mass is 32.2. The van der Waals surface area contributed by atoms with E-state index in [1.54, 1.807) is 0 Å². The van der Waals surface area contributed by atoms with Crippen LogP contribution in [0.25, 0.3) is 44.1 Å². The van der Waals surface area contributed by atoms with Crippen LogP contribution in [0, 0.1) is 0 Å². The lowest BCUT2D eigenvalue weighted by Gasteiger charge is -2.39. The maximum Gasteiger partial charge on any atom is 0.159 e. The number of nitrogens with one attached hydrogen (secondary N) is 1. The molecule has 1 aliphatic carbocycles. The molecule has 0 fully saturated rings. The molecule has 1 N–H and O–H groups in total. The number of fused-ring (bicyclic) bond motifs is 12. The first kappa shape index (κ1) is 33.1. The average Bonchev–Trinajstić information content (AvgIpc) is 3.58. The quantitative estimate of drug-likeness (QED) is 0.182. The van der Waals surface area contributed by atoms with Gasteiger partial charge in [-0.15, -0.1) is 0 Å². The van der Waals surface area contributed by atoms with Crippen LogP contribution in [0.1, 0.15) is 45.1 Å². The molecule has 2 aliphatic heterocycles. The molecule has 0 radical (unpaired) electrons. The predicted molar refractivity (Wildman–Crippen MR) is 238 cm³/mol. The van der Waals surface area contributed by atoms with Gasteiger partial charge >= 0.3 is 0 Å². The maximum atomic E-state index is 5.56. The van der Waals surface area contributed by atoms with Crippen LogP contribution >= 0.6 is 11.8 Å². The molecule has 0 bridgehead atoms. The van der Waals surface area contributed by atoms with Crippen molar-refractivity contribution in [2.45, 2.75) is 21.4 Å². The summed E-state index contributed by atoms with van der Waals surface area (Å²) in [6, 6.07) is 69.7. The predicted octanol–water partition coefficient (Wildman–Crippen LogP) is 12.4. The van der Waals surface area contributed by atoms with E-state index >= 15 is 0 Å².